The van der Waals surface area contributed by atoms with Crippen LogP contribution in [-0.2, 0) is 26.6 Å². The van der Waals surface area contributed by atoms with Gasteiger partial charge in [0.2, 0.25) is 10.0 Å². The molecule has 2 N–H and O–H groups in total. The SMILES string of the molecule is Cc1cccc(C)c1NS(=O)(=O)c1ccc(NC(=O)c2ccc(CN(c3cccc(Cl)c3Cl)S(C)(=O)=O)cc2)cc1. The summed E-state index contributed by atoms with van der Waals surface area (Å²) >= 11 is 12.3. The van der Waals surface area contributed by atoms with E-state index in [0.29, 0.717) is 22.5 Å². The Balaban J connectivity index is 1.45. The number of nitrogens with one attached hydrogen (secondary N) is 2. The van der Waals surface area contributed by atoms with Crippen LogP contribution in [0.4, 0.5) is 17.1 Å². The zero-order chi connectivity index (χ0) is 29.9. The highest BCUT2D eigenvalue weighted by Crippen LogP contribution is 2.34. The Kier molecular flexibility index (Phi) is 8.98. The molecule has 0 aliphatic heterocycles. The molecule has 0 spiro atoms. The van der Waals surface area contributed by atoms with Crippen molar-refractivity contribution in [1.82, 2.24) is 0 Å². The molecule has 4 aromatic rings. The van der Waals surface area contributed by atoms with Crippen LogP contribution in [0.5, 0.6) is 0 Å². The number of nitrogens with zero attached hydrogens (tertiary/aromatic N) is 1. The van der Waals surface area contributed by atoms with Crippen LogP contribution >= 0.6 is 23.2 Å². The molecular formula is C29H27Cl2N3O5S2. The van der Waals surface area contributed by atoms with Crippen molar-refractivity contribution < 1.29 is 21.6 Å². The second-order valence-electron chi connectivity index (χ2n) is 9.39. The average Bonchev–Trinajstić information content (AvgIpc) is 2.91. The number of para-hydroxylation sites is 1. The highest BCUT2D eigenvalue weighted by molar-refractivity contribution is 7.92. The molecule has 0 radical (unpaired) electrons. The van der Waals surface area contributed by atoms with Crippen LogP contribution in [0.2, 0.25) is 10.0 Å². The van der Waals surface area contributed by atoms with Gasteiger partial charge < -0.3 is 5.32 Å². The van der Waals surface area contributed by atoms with Crippen LogP contribution in [0.1, 0.15) is 27.0 Å². The molecular weight excluding hydrogens is 605 g/mol. The summed E-state index contributed by atoms with van der Waals surface area (Å²) in [6, 6.07) is 22.5. The third-order valence-corrected chi connectivity index (χ3v) is 9.58. The number of aryl methyl sites for hydroxylation is 2. The highest BCUT2D eigenvalue weighted by atomic mass is 35.5. The van der Waals surface area contributed by atoms with Crippen LogP contribution in [0.25, 0.3) is 0 Å². The van der Waals surface area contributed by atoms with Crippen LogP contribution < -0.4 is 14.3 Å². The Bertz CT molecular complexity index is 1790. The van der Waals surface area contributed by atoms with Crippen LogP contribution in [0, 0.1) is 13.8 Å². The van der Waals surface area contributed by atoms with Gasteiger partial charge in [-0.3, -0.25) is 13.8 Å². The summed E-state index contributed by atoms with van der Waals surface area (Å²) in [7, 11) is -7.53. The monoisotopic (exact) mass is 631 g/mol. The van der Waals surface area contributed by atoms with E-state index in [2.05, 4.69) is 10.0 Å². The van der Waals surface area contributed by atoms with Crippen LogP contribution in [-0.4, -0.2) is 29.0 Å². The standard InChI is InChI=1S/C29H27Cl2N3O5S2/c1-19-6-4-7-20(2)28(19)33-41(38,39)24-16-14-23(15-17-24)32-29(35)22-12-10-21(11-13-22)18-34(40(3,36)37)26-9-5-8-25(30)27(26)31/h4-17,33H,18H2,1-3H3,(H,32,35). The van der Waals surface area contributed by atoms with Gasteiger partial charge in [-0.15, -0.1) is 0 Å². The van der Waals surface area contributed by atoms with Crippen molar-refractivity contribution >= 4 is 66.2 Å². The Hall–Kier alpha value is -3.57. The maximum absolute atomic E-state index is 12.9. The van der Waals surface area contributed by atoms with Gasteiger partial charge in [0.25, 0.3) is 15.9 Å². The molecule has 8 nitrogen and oxygen atoms in total. The number of sulfonamides is 2. The first-order valence-electron chi connectivity index (χ1n) is 12.3. The fourth-order valence-corrected chi connectivity index (χ4v) is 6.63. The van der Waals surface area contributed by atoms with Gasteiger partial charge in [-0.2, -0.15) is 0 Å². The molecule has 214 valence electrons. The summed E-state index contributed by atoms with van der Waals surface area (Å²) in [5.41, 5.74) is 3.75. The lowest BCUT2D eigenvalue weighted by atomic mass is 10.1. The lowest BCUT2D eigenvalue weighted by Crippen LogP contribution is -2.29. The molecule has 0 saturated carbocycles. The molecule has 0 aliphatic rings. The smallest absolute Gasteiger partial charge is 0.261 e. The molecule has 0 saturated heterocycles. The van der Waals surface area contributed by atoms with Gasteiger partial charge in [0.1, 0.15) is 0 Å². The maximum atomic E-state index is 12.9. The highest BCUT2D eigenvalue weighted by Gasteiger charge is 2.22. The summed E-state index contributed by atoms with van der Waals surface area (Å²) in [5.74, 6) is -0.418. The van der Waals surface area contributed by atoms with Crippen molar-refractivity contribution in [2.45, 2.75) is 25.3 Å². The quantitative estimate of drug-likeness (QED) is 0.215. The predicted octanol–water partition coefficient (Wildman–Crippen LogP) is 6.63. The largest absolute Gasteiger partial charge is 0.322 e. The minimum absolute atomic E-state index is 0.0210. The average molecular weight is 633 g/mol. The zero-order valence-electron chi connectivity index (χ0n) is 22.4. The normalized spacial score (nSPS) is 11.6. The molecule has 0 bridgehead atoms. The minimum atomic E-state index is -3.83. The molecule has 12 heteroatoms. The van der Waals surface area contributed by atoms with Gasteiger partial charge in [0, 0.05) is 11.3 Å². The molecule has 4 rings (SSSR count). The number of hydrogen-bond acceptors (Lipinski definition) is 5. The second-order valence-corrected chi connectivity index (χ2v) is 13.8. The molecule has 41 heavy (non-hydrogen) atoms. The third kappa shape index (κ3) is 7.20. The van der Waals surface area contributed by atoms with Crippen molar-refractivity contribution in [3.8, 4) is 0 Å². The van der Waals surface area contributed by atoms with Crippen molar-refractivity contribution in [2.24, 2.45) is 0 Å². The molecule has 0 fully saturated rings. The number of carbonyl (C=O) groups excluding carboxylic acids is 1. The summed E-state index contributed by atoms with van der Waals surface area (Å²) in [5, 5.41) is 3.09. The van der Waals surface area contributed by atoms with Crippen molar-refractivity contribution in [2.75, 3.05) is 20.6 Å². The third-order valence-electron chi connectivity index (χ3n) is 6.28. The number of anilines is 3. The van der Waals surface area contributed by atoms with Gasteiger partial charge in [0.15, 0.2) is 0 Å². The first kappa shape index (κ1) is 30.4. The number of halogens is 2. The van der Waals surface area contributed by atoms with E-state index in [4.69, 9.17) is 23.2 Å². The summed E-state index contributed by atoms with van der Waals surface area (Å²) < 4.78 is 54.6. The van der Waals surface area contributed by atoms with Gasteiger partial charge in [0.05, 0.1) is 39.1 Å². The summed E-state index contributed by atoms with van der Waals surface area (Å²) in [6.07, 6.45) is 1.07. The first-order chi connectivity index (χ1) is 19.3. The fourth-order valence-electron chi connectivity index (χ4n) is 4.08. The van der Waals surface area contributed by atoms with Gasteiger partial charge in [-0.05, 0) is 79.1 Å². The first-order valence-corrected chi connectivity index (χ1v) is 16.4. The Labute approximate surface area is 250 Å². The van der Waals surface area contributed by atoms with E-state index in [1.165, 1.54) is 24.3 Å². The number of hydrogen-bond donors (Lipinski definition) is 2. The minimum Gasteiger partial charge on any atom is -0.322 e. The number of carbonyl (C=O) groups is 1. The molecule has 0 heterocycles. The Morgan fingerprint density at radius 3 is 1.98 bits per heavy atom. The van der Waals surface area contributed by atoms with Crippen LogP contribution in [0.15, 0.2) is 89.8 Å². The molecule has 0 unspecified atom stereocenters. The van der Waals surface area contributed by atoms with Crippen molar-refractivity contribution in [3.63, 3.8) is 0 Å². The maximum Gasteiger partial charge on any atom is 0.261 e. The van der Waals surface area contributed by atoms with E-state index in [-0.39, 0.29) is 27.2 Å². The van der Waals surface area contributed by atoms with E-state index in [0.717, 1.165) is 21.7 Å². The fraction of sp³-hybridized carbons (Fsp3) is 0.138. The molecule has 0 aliphatic carbocycles. The van der Waals surface area contributed by atoms with E-state index in [1.807, 2.05) is 32.0 Å². The van der Waals surface area contributed by atoms with E-state index in [1.54, 1.807) is 42.5 Å². The van der Waals surface area contributed by atoms with Gasteiger partial charge in [-0.25, -0.2) is 16.8 Å². The topological polar surface area (TPSA) is 113 Å². The Morgan fingerprint density at radius 1 is 0.805 bits per heavy atom. The number of amides is 1. The second kappa shape index (κ2) is 12.1. The van der Waals surface area contributed by atoms with Gasteiger partial charge in [-0.1, -0.05) is 59.6 Å². The van der Waals surface area contributed by atoms with Crippen molar-refractivity contribution in [3.05, 3.63) is 117 Å². The van der Waals surface area contributed by atoms with Crippen LogP contribution in [0.3, 0.4) is 0 Å². The van der Waals surface area contributed by atoms with E-state index < -0.39 is 26.0 Å². The molecule has 4 aromatic carbocycles. The molecule has 0 aromatic heterocycles. The molecule has 1 amide bonds. The van der Waals surface area contributed by atoms with Gasteiger partial charge >= 0.3 is 0 Å². The van der Waals surface area contributed by atoms with E-state index in [9.17, 15) is 21.6 Å². The molecule has 0 atom stereocenters. The summed E-state index contributed by atoms with van der Waals surface area (Å²) in [4.78, 5) is 12.9. The lowest BCUT2D eigenvalue weighted by molar-refractivity contribution is 0.102. The summed E-state index contributed by atoms with van der Waals surface area (Å²) in [6.45, 7) is 3.63. The number of rotatable bonds is 9. The zero-order valence-corrected chi connectivity index (χ0v) is 25.5. The Morgan fingerprint density at radius 2 is 1.39 bits per heavy atom. The van der Waals surface area contributed by atoms with Crippen molar-refractivity contribution in [1.29, 1.82) is 0 Å². The predicted molar refractivity (Wildman–Crippen MR) is 165 cm³/mol. The van der Waals surface area contributed by atoms with E-state index >= 15 is 0 Å². The lowest BCUT2D eigenvalue weighted by Gasteiger charge is -2.24. The number of benzene rings is 4.